The number of hydrogen-bond donors (Lipinski definition) is 2. The van der Waals surface area contributed by atoms with Gasteiger partial charge in [0.2, 0.25) is 11.9 Å². The Kier molecular flexibility index (Phi) is 9.91. The molecule has 4 aromatic rings. The van der Waals surface area contributed by atoms with Crippen molar-refractivity contribution < 1.29 is 18.3 Å². The molecule has 0 unspecified atom stereocenters. The molecule has 0 aliphatic carbocycles. The number of ether oxygens (including phenoxy) is 1. The summed E-state index contributed by atoms with van der Waals surface area (Å²) < 4.78 is 34.2. The van der Waals surface area contributed by atoms with E-state index in [2.05, 4.69) is 15.5 Å². The third kappa shape index (κ3) is 7.20. The molecule has 0 atom stereocenters. The molecule has 0 aliphatic heterocycles. The van der Waals surface area contributed by atoms with Gasteiger partial charge in [-0.2, -0.15) is 4.39 Å². The molecule has 1 aromatic heterocycles. The minimum atomic E-state index is -0.577. The van der Waals surface area contributed by atoms with Crippen molar-refractivity contribution in [2.24, 2.45) is 0 Å². The maximum absolute atomic E-state index is 14.4. The van der Waals surface area contributed by atoms with Crippen LogP contribution in [0.15, 0.2) is 72.3 Å². The van der Waals surface area contributed by atoms with Crippen LogP contribution in [0.4, 0.5) is 8.78 Å². The first-order valence-electron chi connectivity index (χ1n) is 13.3. The average molecular weight is 579 g/mol. The van der Waals surface area contributed by atoms with Crippen molar-refractivity contribution in [3.05, 3.63) is 106 Å². The summed E-state index contributed by atoms with van der Waals surface area (Å²) in [6, 6.07) is 17.5. The van der Waals surface area contributed by atoms with Gasteiger partial charge < -0.3 is 15.0 Å². The lowest BCUT2D eigenvalue weighted by atomic mass is 9.87. The Balaban J connectivity index is 1.57. The van der Waals surface area contributed by atoms with Crippen LogP contribution >= 0.6 is 11.6 Å². The zero-order valence-electron chi connectivity index (χ0n) is 23.5. The summed E-state index contributed by atoms with van der Waals surface area (Å²) in [6.45, 7) is 5.41. The predicted octanol–water partition coefficient (Wildman–Crippen LogP) is 6.87. The molecule has 0 fully saturated rings. The molecule has 4 rings (SSSR count). The number of carbonyl (C=O) groups is 1. The highest BCUT2D eigenvalue weighted by molar-refractivity contribution is 6.32. The molecule has 0 saturated heterocycles. The zero-order valence-corrected chi connectivity index (χ0v) is 24.3. The molecule has 41 heavy (non-hydrogen) atoms. The van der Waals surface area contributed by atoms with Crippen LogP contribution in [-0.4, -0.2) is 54.8 Å². The summed E-state index contributed by atoms with van der Waals surface area (Å²) in [5.74, 6) is -0.314. The normalized spacial score (nSPS) is 12.4. The van der Waals surface area contributed by atoms with Crippen LogP contribution < -0.4 is 10.1 Å². The summed E-state index contributed by atoms with van der Waals surface area (Å²) in [5, 5.41) is 10.3. The fourth-order valence-corrected chi connectivity index (χ4v) is 4.90. The standard InChI is InChI=1S/C32H33ClF2N4O2/c1-5-25(26-12-9-23(34)19-28(26)33)30(22-8-13-29-27(18-22)31(35)38-37-29)21-6-10-24(11-7-21)41-17-16-36-15-14-20(2)32(40)39(3)4/h6-14,18-19,36H,5,15-17H2,1-4H3,(H,37,38). The number of aromatic amines is 1. The molecule has 0 spiro atoms. The molecule has 9 heteroatoms. The maximum Gasteiger partial charge on any atom is 0.248 e. The number of likely N-dealkylation sites (N-methyl/N-ethyl adjacent to an activating group) is 1. The van der Waals surface area contributed by atoms with Gasteiger partial charge in [0.1, 0.15) is 18.2 Å². The summed E-state index contributed by atoms with van der Waals surface area (Å²) in [7, 11) is 3.45. The van der Waals surface area contributed by atoms with E-state index in [0.29, 0.717) is 58.9 Å². The SMILES string of the molecule is CCC(=C(c1ccc(OCCNCC=C(C)C(=O)N(C)C)cc1)c1ccc2[nH]nc(F)c2c1)c1ccc(F)cc1Cl. The van der Waals surface area contributed by atoms with Gasteiger partial charge in [0.05, 0.1) is 15.9 Å². The number of H-pyrrole nitrogens is 1. The molecule has 0 saturated carbocycles. The van der Waals surface area contributed by atoms with Crippen LogP contribution in [0.3, 0.4) is 0 Å². The molecule has 1 heterocycles. The lowest BCUT2D eigenvalue weighted by Gasteiger charge is -2.18. The molecule has 0 aliphatic rings. The summed E-state index contributed by atoms with van der Waals surface area (Å²) in [5.41, 5.74) is 5.40. The van der Waals surface area contributed by atoms with Crippen molar-refractivity contribution in [1.82, 2.24) is 20.4 Å². The minimum Gasteiger partial charge on any atom is -0.492 e. The smallest absolute Gasteiger partial charge is 0.248 e. The highest BCUT2D eigenvalue weighted by Crippen LogP contribution is 2.38. The fourth-order valence-electron chi connectivity index (χ4n) is 4.61. The Morgan fingerprint density at radius 3 is 2.49 bits per heavy atom. The van der Waals surface area contributed by atoms with Crippen molar-refractivity contribution in [1.29, 1.82) is 0 Å². The van der Waals surface area contributed by atoms with Gasteiger partial charge >= 0.3 is 0 Å². The number of hydrogen-bond acceptors (Lipinski definition) is 4. The van der Waals surface area contributed by atoms with E-state index in [9.17, 15) is 13.6 Å². The molecule has 0 radical (unpaired) electrons. The highest BCUT2D eigenvalue weighted by Gasteiger charge is 2.17. The third-order valence-corrected chi connectivity index (χ3v) is 7.02. The van der Waals surface area contributed by atoms with E-state index in [1.54, 1.807) is 44.1 Å². The van der Waals surface area contributed by atoms with Crippen molar-refractivity contribution in [3.8, 4) is 5.75 Å². The topological polar surface area (TPSA) is 70.2 Å². The second-order valence-corrected chi connectivity index (χ2v) is 10.2. The lowest BCUT2D eigenvalue weighted by molar-refractivity contribution is -0.124. The number of allylic oxidation sites excluding steroid dienone is 1. The summed E-state index contributed by atoms with van der Waals surface area (Å²) in [4.78, 5) is 13.5. The number of halogens is 3. The Morgan fingerprint density at radius 1 is 1.07 bits per heavy atom. The molecule has 1 amide bonds. The molecule has 6 nitrogen and oxygen atoms in total. The largest absolute Gasteiger partial charge is 0.492 e. The van der Waals surface area contributed by atoms with E-state index < -0.39 is 11.8 Å². The zero-order chi connectivity index (χ0) is 29.5. The van der Waals surface area contributed by atoms with Crippen LogP contribution in [0.5, 0.6) is 5.75 Å². The third-order valence-electron chi connectivity index (χ3n) is 6.70. The van der Waals surface area contributed by atoms with E-state index in [1.807, 2.05) is 43.3 Å². The first-order valence-corrected chi connectivity index (χ1v) is 13.7. The van der Waals surface area contributed by atoms with Crippen molar-refractivity contribution in [3.63, 3.8) is 0 Å². The van der Waals surface area contributed by atoms with Crippen LogP contribution in [0, 0.1) is 11.8 Å². The summed E-state index contributed by atoms with van der Waals surface area (Å²) >= 11 is 6.49. The molecule has 214 valence electrons. The number of nitrogens with zero attached hydrogens (tertiary/aromatic N) is 2. The first kappa shape index (κ1) is 30.0. The highest BCUT2D eigenvalue weighted by atomic mass is 35.5. The van der Waals surface area contributed by atoms with Gasteiger partial charge in [-0.3, -0.25) is 9.89 Å². The Labute approximate surface area is 243 Å². The number of nitrogens with one attached hydrogen (secondary N) is 2. The number of benzene rings is 3. The van der Waals surface area contributed by atoms with Gasteiger partial charge in [0.15, 0.2) is 0 Å². The van der Waals surface area contributed by atoms with E-state index in [0.717, 1.165) is 22.3 Å². The van der Waals surface area contributed by atoms with Crippen LogP contribution in [-0.2, 0) is 4.79 Å². The maximum atomic E-state index is 14.4. The predicted molar refractivity (Wildman–Crippen MR) is 161 cm³/mol. The van der Waals surface area contributed by atoms with Gasteiger partial charge in [-0.25, -0.2) is 4.39 Å². The molecule has 3 aromatic carbocycles. The molecular formula is C32H33ClF2N4O2. The van der Waals surface area contributed by atoms with Gasteiger partial charge in [-0.05, 0) is 77.6 Å². The Morgan fingerprint density at radius 2 is 1.80 bits per heavy atom. The number of aromatic nitrogens is 2. The van der Waals surface area contributed by atoms with E-state index in [1.165, 1.54) is 12.1 Å². The summed E-state index contributed by atoms with van der Waals surface area (Å²) in [6.07, 6.45) is 2.46. The molecule has 0 bridgehead atoms. The average Bonchev–Trinajstić information content (AvgIpc) is 3.33. The van der Waals surface area contributed by atoms with E-state index in [4.69, 9.17) is 16.3 Å². The van der Waals surface area contributed by atoms with E-state index >= 15 is 0 Å². The van der Waals surface area contributed by atoms with Gasteiger partial charge in [0.25, 0.3) is 0 Å². The van der Waals surface area contributed by atoms with Crippen LogP contribution in [0.25, 0.3) is 22.0 Å². The van der Waals surface area contributed by atoms with Gasteiger partial charge in [-0.15, -0.1) is 5.10 Å². The molecule has 2 N–H and O–H groups in total. The monoisotopic (exact) mass is 578 g/mol. The quantitative estimate of drug-likeness (QED) is 0.116. The number of carbonyl (C=O) groups excluding carboxylic acids is 1. The van der Waals surface area contributed by atoms with Crippen LogP contribution in [0.1, 0.15) is 37.0 Å². The number of rotatable bonds is 11. The van der Waals surface area contributed by atoms with Gasteiger partial charge in [0, 0.05) is 32.8 Å². The van der Waals surface area contributed by atoms with Crippen LogP contribution in [0.2, 0.25) is 5.02 Å². The number of amides is 1. The fraction of sp³-hybridized carbons (Fsp3) is 0.250. The second kappa shape index (κ2) is 13.6. The van der Waals surface area contributed by atoms with E-state index in [-0.39, 0.29) is 5.91 Å². The van der Waals surface area contributed by atoms with Crippen molar-refractivity contribution in [2.75, 3.05) is 33.8 Å². The Hall–Kier alpha value is -4.01. The number of fused-ring (bicyclic) bond motifs is 1. The van der Waals surface area contributed by atoms with Crippen molar-refractivity contribution in [2.45, 2.75) is 20.3 Å². The minimum absolute atomic E-state index is 0.0145. The molecular weight excluding hydrogens is 546 g/mol. The second-order valence-electron chi connectivity index (χ2n) is 9.77. The van der Waals surface area contributed by atoms with Gasteiger partial charge in [-0.1, -0.05) is 48.9 Å². The first-order chi connectivity index (χ1) is 19.7. The van der Waals surface area contributed by atoms with Crippen molar-refractivity contribution >= 4 is 39.6 Å². The Bertz CT molecular complexity index is 1590. The lowest BCUT2D eigenvalue weighted by Crippen LogP contribution is -2.24.